The van der Waals surface area contributed by atoms with Crippen LogP contribution in [0.4, 0.5) is 0 Å². The number of benzene rings is 2. The average Bonchev–Trinajstić information content (AvgIpc) is 2.32. The largest absolute Gasteiger partial charge is 0.456 e. The summed E-state index contributed by atoms with van der Waals surface area (Å²) in [6, 6.07) is 13.2. The first kappa shape index (κ1) is 13.5. The molecule has 0 unspecified atom stereocenters. The molecule has 0 heterocycles. The summed E-state index contributed by atoms with van der Waals surface area (Å²) in [6.07, 6.45) is 0. The Bertz CT molecular complexity index is 601. The van der Waals surface area contributed by atoms with Gasteiger partial charge in [0.2, 0.25) is 0 Å². The van der Waals surface area contributed by atoms with Crippen molar-refractivity contribution in [2.24, 2.45) is 5.73 Å². The monoisotopic (exact) mass is 385 g/mol. The Kier molecular flexibility index (Phi) is 4.37. The summed E-state index contributed by atoms with van der Waals surface area (Å²) in [4.78, 5) is 0.356. The van der Waals surface area contributed by atoms with Gasteiger partial charge in [-0.2, -0.15) is 0 Å². The van der Waals surface area contributed by atoms with E-state index in [-0.39, 0.29) is 0 Å². The van der Waals surface area contributed by atoms with Crippen LogP contribution in [0.25, 0.3) is 0 Å². The molecular formula is C13H9Br2NOS. The highest BCUT2D eigenvalue weighted by atomic mass is 79.9. The highest BCUT2D eigenvalue weighted by Crippen LogP contribution is 2.31. The third kappa shape index (κ3) is 3.10. The minimum absolute atomic E-state index is 0.356. The van der Waals surface area contributed by atoms with Crippen LogP contribution < -0.4 is 10.5 Å². The van der Waals surface area contributed by atoms with Crippen molar-refractivity contribution in [3.8, 4) is 11.5 Å². The van der Waals surface area contributed by atoms with Crippen molar-refractivity contribution in [1.29, 1.82) is 0 Å². The maximum Gasteiger partial charge on any atom is 0.141 e. The van der Waals surface area contributed by atoms with Crippen LogP contribution in [0.2, 0.25) is 0 Å². The standard InChI is InChI=1S/C13H9Br2NOS/c14-10-3-1-2-4-12(10)17-8-5-6-9(13(16)18)11(15)7-8/h1-7H,(H2,16,18). The molecule has 0 atom stereocenters. The molecule has 0 aliphatic carbocycles. The van der Waals surface area contributed by atoms with Crippen molar-refractivity contribution in [2.75, 3.05) is 0 Å². The normalized spacial score (nSPS) is 10.1. The van der Waals surface area contributed by atoms with Gasteiger partial charge in [-0.1, -0.05) is 24.4 Å². The zero-order chi connectivity index (χ0) is 13.1. The van der Waals surface area contributed by atoms with E-state index in [1.165, 1.54) is 0 Å². The van der Waals surface area contributed by atoms with Crippen molar-refractivity contribution in [1.82, 2.24) is 0 Å². The number of para-hydroxylation sites is 1. The molecule has 2 aromatic rings. The second-order valence-electron chi connectivity index (χ2n) is 3.54. The SMILES string of the molecule is NC(=S)c1ccc(Oc2ccccc2Br)cc1Br. The van der Waals surface area contributed by atoms with Crippen LogP contribution in [-0.2, 0) is 0 Å². The molecule has 0 spiro atoms. The van der Waals surface area contributed by atoms with Crippen LogP contribution in [0.5, 0.6) is 11.5 Å². The van der Waals surface area contributed by atoms with Crippen LogP contribution in [0.1, 0.15) is 5.56 Å². The van der Waals surface area contributed by atoms with E-state index in [0.29, 0.717) is 10.7 Å². The van der Waals surface area contributed by atoms with E-state index in [0.717, 1.165) is 20.3 Å². The van der Waals surface area contributed by atoms with Crippen molar-refractivity contribution in [2.45, 2.75) is 0 Å². The molecule has 0 aliphatic heterocycles. The number of rotatable bonds is 3. The predicted molar refractivity (Wildman–Crippen MR) is 84.2 cm³/mol. The predicted octanol–water partition coefficient (Wildman–Crippen LogP) is 4.64. The fraction of sp³-hybridized carbons (Fsp3) is 0. The van der Waals surface area contributed by atoms with Gasteiger partial charge in [0.05, 0.1) is 4.47 Å². The second-order valence-corrected chi connectivity index (χ2v) is 5.69. The second kappa shape index (κ2) is 5.82. The van der Waals surface area contributed by atoms with E-state index in [1.54, 1.807) is 0 Å². The van der Waals surface area contributed by atoms with Gasteiger partial charge in [0.1, 0.15) is 16.5 Å². The molecule has 2 nitrogen and oxygen atoms in total. The zero-order valence-corrected chi connectivity index (χ0v) is 13.2. The Hall–Kier alpha value is -0.910. The number of hydrogen-bond acceptors (Lipinski definition) is 2. The first-order valence-corrected chi connectivity index (χ1v) is 7.09. The molecule has 0 fully saturated rings. The molecule has 0 bridgehead atoms. The minimum atomic E-state index is 0.356. The van der Waals surface area contributed by atoms with Crippen LogP contribution in [-0.4, -0.2) is 4.99 Å². The molecule has 0 saturated heterocycles. The van der Waals surface area contributed by atoms with Gasteiger partial charge in [-0.05, 0) is 62.2 Å². The van der Waals surface area contributed by atoms with Crippen LogP contribution in [0, 0.1) is 0 Å². The first-order valence-electron chi connectivity index (χ1n) is 5.09. The summed E-state index contributed by atoms with van der Waals surface area (Å²) in [6.45, 7) is 0. The number of halogens is 2. The van der Waals surface area contributed by atoms with Gasteiger partial charge >= 0.3 is 0 Å². The zero-order valence-electron chi connectivity index (χ0n) is 9.19. The van der Waals surface area contributed by atoms with Crippen molar-refractivity contribution in [3.63, 3.8) is 0 Å². The lowest BCUT2D eigenvalue weighted by Crippen LogP contribution is -2.09. The highest BCUT2D eigenvalue weighted by molar-refractivity contribution is 9.10. The Labute approximate surface area is 127 Å². The molecule has 0 amide bonds. The van der Waals surface area contributed by atoms with E-state index in [9.17, 15) is 0 Å². The van der Waals surface area contributed by atoms with Crippen molar-refractivity contribution >= 4 is 49.1 Å². The van der Waals surface area contributed by atoms with Crippen LogP contribution >= 0.6 is 44.1 Å². The number of hydrogen-bond donors (Lipinski definition) is 1. The summed E-state index contributed by atoms with van der Waals surface area (Å²) in [7, 11) is 0. The lowest BCUT2D eigenvalue weighted by molar-refractivity contribution is 0.479. The van der Waals surface area contributed by atoms with E-state index < -0.39 is 0 Å². The fourth-order valence-electron chi connectivity index (χ4n) is 1.41. The summed E-state index contributed by atoms with van der Waals surface area (Å²) in [5, 5.41) is 0. The van der Waals surface area contributed by atoms with Gasteiger partial charge in [0, 0.05) is 10.0 Å². The molecule has 2 rings (SSSR count). The van der Waals surface area contributed by atoms with E-state index in [2.05, 4.69) is 31.9 Å². The molecule has 0 aliphatic rings. The van der Waals surface area contributed by atoms with Gasteiger partial charge < -0.3 is 10.5 Å². The topological polar surface area (TPSA) is 35.2 Å². The molecule has 0 aromatic heterocycles. The molecule has 18 heavy (non-hydrogen) atoms. The van der Waals surface area contributed by atoms with Crippen molar-refractivity contribution in [3.05, 3.63) is 57.0 Å². The highest BCUT2D eigenvalue weighted by Gasteiger charge is 2.06. The van der Waals surface area contributed by atoms with E-state index in [1.807, 2.05) is 42.5 Å². The Morgan fingerprint density at radius 3 is 2.39 bits per heavy atom. The lowest BCUT2D eigenvalue weighted by Gasteiger charge is -2.09. The molecule has 2 aromatic carbocycles. The number of thiocarbonyl (C=S) groups is 1. The van der Waals surface area contributed by atoms with Crippen LogP contribution in [0.15, 0.2) is 51.4 Å². The Morgan fingerprint density at radius 2 is 1.78 bits per heavy atom. The van der Waals surface area contributed by atoms with Crippen molar-refractivity contribution < 1.29 is 4.74 Å². The molecule has 92 valence electrons. The first-order chi connectivity index (χ1) is 8.58. The maximum absolute atomic E-state index is 5.76. The molecule has 0 radical (unpaired) electrons. The van der Waals surface area contributed by atoms with Gasteiger partial charge in [0.25, 0.3) is 0 Å². The maximum atomic E-state index is 5.76. The fourth-order valence-corrected chi connectivity index (χ4v) is 2.66. The quantitative estimate of drug-likeness (QED) is 0.780. The Morgan fingerprint density at radius 1 is 1.06 bits per heavy atom. The third-order valence-electron chi connectivity index (χ3n) is 2.27. The summed E-state index contributed by atoms with van der Waals surface area (Å²) < 4.78 is 7.49. The molecular weight excluding hydrogens is 378 g/mol. The van der Waals surface area contributed by atoms with E-state index in [4.69, 9.17) is 22.7 Å². The van der Waals surface area contributed by atoms with Gasteiger partial charge in [0.15, 0.2) is 0 Å². The lowest BCUT2D eigenvalue weighted by atomic mass is 10.2. The molecule has 2 N–H and O–H groups in total. The summed E-state index contributed by atoms with van der Waals surface area (Å²) in [5.74, 6) is 1.47. The van der Waals surface area contributed by atoms with E-state index >= 15 is 0 Å². The van der Waals surface area contributed by atoms with Crippen LogP contribution in [0.3, 0.4) is 0 Å². The minimum Gasteiger partial charge on any atom is -0.456 e. The van der Waals surface area contributed by atoms with Gasteiger partial charge in [-0.15, -0.1) is 0 Å². The molecule has 0 saturated carbocycles. The summed E-state index contributed by atoms with van der Waals surface area (Å²) >= 11 is 11.8. The smallest absolute Gasteiger partial charge is 0.141 e. The number of nitrogens with two attached hydrogens (primary N) is 1. The Balaban J connectivity index is 2.29. The number of ether oxygens (including phenoxy) is 1. The summed E-state index contributed by atoms with van der Waals surface area (Å²) in [5.41, 5.74) is 6.39. The molecule has 5 heteroatoms. The third-order valence-corrected chi connectivity index (χ3v) is 3.80. The van der Waals surface area contributed by atoms with Gasteiger partial charge in [-0.25, -0.2) is 0 Å². The van der Waals surface area contributed by atoms with Gasteiger partial charge in [-0.3, -0.25) is 0 Å². The average molecular weight is 387 g/mol.